The fourth-order valence-electron chi connectivity index (χ4n) is 1.70. The highest BCUT2D eigenvalue weighted by atomic mass is 16.1. The van der Waals surface area contributed by atoms with Crippen LogP contribution >= 0.6 is 0 Å². The van der Waals surface area contributed by atoms with E-state index >= 15 is 0 Å². The molecule has 0 aliphatic carbocycles. The highest BCUT2D eigenvalue weighted by Crippen LogP contribution is 2.14. The van der Waals surface area contributed by atoms with Gasteiger partial charge in [-0.2, -0.15) is 0 Å². The lowest BCUT2D eigenvalue weighted by Gasteiger charge is -2.07. The zero-order chi connectivity index (χ0) is 11.5. The maximum atomic E-state index is 10.5. The van der Waals surface area contributed by atoms with E-state index in [0.717, 1.165) is 18.8 Å². The van der Waals surface area contributed by atoms with Gasteiger partial charge in [-0.3, -0.25) is 4.79 Å². The molecule has 0 aromatic rings. The number of rotatable bonds is 10. The molecular weight excluding hydrogens is 186 g/mol. The molecule has 0 radical (unpaired) electrons. The second-order valence-corrected chi connectivity index (χ2v) is 4.64. The molecule has 0 aliphatic rings. The summed E-state index contributed by atoms with van der Waals surface area (Å²) in [5.74, 6) is 0.728. The van der Waals surface area contributed by atoms with Gasteiger partial charge >= 0.3 is 0 Å². The molecule has 0 aliphatic heterocycles. The first-order chi connectivity index (χ1) is 7.16. The quantitative estimate of drug-likeness (QED) is 0.553. The highest BCUT2D eigenvalue weighted by Gasteiger charge is 1.98. The van der Waals surface area contributed by atoms with E-state index in [-0.39, 0.29) is 5.91 Å². The number of hydrogen-bond acceptors (Lipinski definition) is 1. The monoisotopic (exact) mass is 213 g/mol. The van der Waals surface area contributed by atoms with Crippen LogP contribution in [-0.4, -0.2) is 5.91 Å². The Morgan fingerprint density at radius 2 is 1.60 bits per heavy atom. The van der Waals surface area contributed by atoms with Crippen LogP contribution in [0.5, 0.6) is 0 Å². The molecule has 2 heteroatoms. The average molecular weight is 213 g/mol. The summed E-state index contributed by atoms with van der Waals surface area (Å²) >= 11 is 0. The minimum Gasteiger partial charge on any atom is -0.370 e. The lowest BCUT2D eigenvalue weighted by Crippen LogP contribution is -2.09. The highest BCUT2D eigenvalue weighted by molar-refractivity contribution is 5.73. The molecule has 15 heavy (non-hydrogen) atoms. The smallest absolute Gasteiger partial charge is 0.217 e. The van der Waals surface area contributed by atoms with Gasteiger partial charge in [-0.1, -0.05) is 58.8 Å². The van der Waals surface area contributed by atoms with Gasteiger partial charge in [0.05, 0.1) is 0 Å². The topological polar surface area (TPSA) is 43.1 Å². The molecule has 1 amide bonds. The lowest BCUT2D eigenvalue weighted by atomic mass is 10.00. The molecule has 1 unspecified atom stereocenters. The zero-order valence-electron chi connectivity index (χ0n) is 10.4. The summed E-state index contributed by atoms with van der Waals surface area (Å²) in [6.07, 6.45) is 10.7. The van der Waals surface area contributed by atoms with Gasteiger partial charge in [0.25, 0.3) is 0 Å². The standard InChI is InChI=1S/C13H27NO/c1-3-12(2)10-8-6-4-5-7-9-11-13(14)15/h12H,3-11H2,1-2H3,(H2,14,15). The third-order valence-corrected chi connectivity index (χ3v) is 3.07. The molecule has 2 N–H and O–H groups in total. The fourth-order valence-corrected chi connectivity index (χ4v) is 1.70. The molecule has 0 saturated carbocycles. The number of primary amides is 1. The zero-order valence-corrected chi connectivity index (χ0v) is 10.4. The summed E-state index contributed by atoms with van der Waals surface area (Å²) < 4.78 is 0. The van der Waals surface area contributed by atoms with E-state index in [0.29, 0.717) is 6.42 Å². The number of unbranched alkanes of at least 4 members (excludes halogenated alkanes) is 5. The van der Waals surface area contributed by atoms with Crippen molar-refractivity contribution in [2.75, 3.05) is 0 Å². The van der Waals surface area contributed by atoms with E-state index in [4.69, 9.17) is 5.73 Å². The second kappa shape index (κ2) is 10.0. The van der Waals surface area contributed by atoms with E-state index in [1.807, 2.05) is 0 Å². The van der Waals surface area contributed by atoms with Gasteiger partial charge in [-0.25, -0.2) is 0 Å². The van der Waals surface area contributed by atoms with Crippen LogP contribution in [-0.2, 0) is 4.79 Å². The lowest BCUT2D eigenvalue weighted by molar-refractivity contribution is -0.118. The first-order valence-electron chi connectivity index (χ1n) is 6.45. The van der Waals surface area contributed by atoms with Gasteiger partial charge in [0, 0.05) is 6.42 Å². The van der Waals surface area contributed by atoms with Gasteiger partial charge in [0.15, 0.2) is 0 Å². The van der Waals surface area contributed by atoms with Crippen LogP contribution in [0, 0.1) is 5.92 Å². The van der Waals surface area contributed by atoms with Crippen molar-refractivity contribution in [3.63, 3.8) is 0 Å². The molecule has 0 bridgehead atoms. The van der Waals surface area contributed by atoms with E-state index < -0.39 is 0 Å². The largest absolute Gasteiger partial charge is 0.370 e. The van der Waals surface area contributed by atoms with Crippen molar-refractivity contribution in [1.82, 2.24) is 0 Å². The number of amides is 1. The third-order valence-electron chi connectivity index (χ3n) is 3.07. The first-order valence-corrected chi connectivity index (χ1v) is 6.45. The minimum atomic E-state index is -0.160. The van der Waals surface area contributed by atoms with Gasteiger partial charge in [-0.15, -0.1) is 0 Å². The van der Waals surface area contributed by atoms with Crippen molar-refractivity contribution in [2.24, 2.45) is 11.7 Å². The molecule has 0 fully saturated rings. The number of nitrogens with two attached hydrogens (primary N) is 1. The Labute approximate surface area is 94.6 Å². The Morgan fingerprint density at radius 3 is 2.13 bits per heavy atom. The van der Waals surface area contributed by atoms with Gasteiger partial charge < -0.3 is 5.73 Å². The Kier molecular flexibility index (Phi) is 9.65. The predicted molar refractivity (Wildman–Crippen MR) is 65.6 cm³/mol. The molecule has 0 spiro atoms. The Morgan fingerprint density at radius 1 is 1.07 bits per heavy atom. The maximum absolute atomic E-state index is 10.5. The summed E-state index contributed by atoms with van der Waals surface area (Å²) in [6, 6.07) is 0. The Balaban J connectivity index is 3.02. The summed E-state index contributed by atoms with van der Waals surface area (Å²) in [5.41, 5.74) is 5.06. The molecule has 1 atom stereocenters. The Bertz CT molecular complexity index is 157. The van der Waals surface area contributed by atoms with Crippen molar-refractivity contribution in [2.45, 2.75) is 71.6 Å². The van der Waals surface area contributed by atoms with Crippen molar-refractivity contribution < 1.29 is 4.79 Å². The van der Waals surface area contributed by atoms with Crippen LogP contribution in [0.1, 0.15) is 71.6 Å². The van der Waals surface area contributed by atoms with Crippen molar-refractivity contribution in [3.8, 4) is 0 Å². The van der Waals surface area contributed by atoms with Crippen LogP contribution < -0.4 is 5.73 Å². The fraction of sp³-hybridized carbons (Fsp3) is 0.923. The SMILES string of the molecule is CCC(C)CCCCCCCCC(N)=O. The van der Waals surface area contributed by atoms with Crippen LogP contribution in [0.2, 0.25) is 0 Å². The predicted octanol–water partition coefficient (Wildman–Crippen LogP) is 3.64. The molecule has 0 saturated heterocycles. The van der Waals surface area contributed by atoms with Crippen LogP contribution in [0.4, 0.5) is 0 Å². The summed E-state index contributed by atoms with van der Waals surface area (Å²) in [7, 11) is 0. The van der Waals surface area contributed by atoms with Gasteiger partial charge in [0.2, 0.25) is 5.91 Å². The van der Waals surface area contributed by atoms with E-state index in [9.17, 15) is 4.79 Å². The molecule has 90 valence electrons. The van der Waals surface area contributed by atoms with Crippen LogP contribution in [0.15, 0.2) is 0 Å². The average Bonchev–Trinajstić information content (AvgIpc) is 2.21. The van der Waals surface area contributed by atoms with Crippen molar-refractivity contribution in [3.05, 3.63) is 0 Å². The number of carbonyl (C=O) groups is 1. The summed E-state index contributed by atoms with van der Waals surface area (Å²) in [6.45, 7) is 4.58. The van der Waals surface area contributed by atoms with Crippen molar-refractivity contribution in [1.29, 1.82) is 0 Å². The van der Waals surface area contributed by atoms with E-state index in [2.05, 4.69) is 13.8 Å². The summed E-state index contributed by atoms with van der Waals surface area (Å²) in [5, 5.41) is 0. The third kappa shape index (κ3) is 11.4. The maximum Gasteiger partial charge on any atom is 0.217 e. The normalized spacial score (nSPS) is 12.7. The number of hydrogen-bond donors (Lipinski definition) is 1. The molecule has 2 nitrogen and oxygen atoms in total. The molecule has 0 aromatic carbocycles. The second-order valence-electron chi connectivity index (χ2n) is 4.64. The van der Waals surface area contributed by atoms with E-state index in [1.54, 1.807) is 0 Å². The van der Waals surface area contributed by atoms with Crippen LogP contribution in [0.3, 0.4) is 0 Å². The molecular formula is C13H27NO. The minimum absolute atomic E-state index is 0.160. The molecule has 0 rings (SSSR count). The van der Waals surface area contributed by atoms with Crippen LogP contribution in [0.25, 0.3) is 0 Å². The Hall–Kier alpha value is -0.530. The van der Waals surface area contributed by atoms with Crippen molar-refractivity contribution >= 4 is 5.91 Å². The van der Waals surface area contributed by atoms with Gasteiger partial charge in [0.1, 0.15) is 0 Å². The first kappa shape index (κ1) is 14.5. The van der Waals surface area contributed by atoms with Gasteiger partial charge in [-0.05, 0) is 12.3 Å². The summed E-state index contributed by atoms with van der Waals surface area (Å²) in [4.78, 5) is 10.5. The molecule has 0 heterocycles. The van der Waals surface area contributed by atoms with E-state index in [1.165, 1.54) is 38.5 Å². The molecule has 0 aromatic heterocycles. The number of carbonyl (C=O) groups excluding carboxylic acids is 1.